The molecule has 1 aromatic heterocycles. The largest absolute Gasteiger partial charge is 0.374 e. The van der Waals surface area contributed by atoms with Crippen LogP contribution in [0.1, 0.15) is 26.3 Å². The first kappa shape index (κ1) is 14.4. The minimum absolute atomic E-state index is 0.00196. The molecule has 1 heterocycles. The monoisotopic (exact) mass is 253 g/mol. The van der Waals surface area contributed by atoms with Gasteiger partial charge in [-0.2, -0.15) is 0 Å². The van der Waals surface area contributed by atoms with E-state index in [-0.39, 0.29) is 11.3 Å². The van der Waals surface area contributed by atoms with Crippen LogP contribution in [0.15, 0.2) is 12.3 Å². The average Bonchev–Trinajstić information content (AvgIpc) is 2.27. The maximum Gasteiger partial charge on any atom is 0.287 e. The molecule has 0 atom stereocenters. The summed E-state index contributed by atoms with van der Waals surface area (Å²) in [6.45, 7) is 8.91. The highest BCUT2D eigenvalue weighted by atomic mass is 16.6. The van der Waals surface area contributed by atoms with Gasteiger partial charge in [0.1, 0.15) is 12.0 Å². The number of nitrogens with one attached hydrogen (secondary N) is 1. The zero-order valence-corrected chi connectivity index (χ0v) is 11.2. The second-order valence-corrected chi connectivity index (χ2v) is 4.66. The van der Waals surface area contributed by atoms with Crippen molar-refractivity contribution in [2.75, 3.05) is 18.5 Å². The van der Waals surface area contributed by atoms with Gasteiger partial charge >= 0.3 is 0 Å². The summed E-state index contributed by atoms with van der Waals surface area (Å²) in [7, 11) is 0. The molecule has 0 aromatic carbocycles. The van der Waals surface area contributed by atoms with Crippen molar-refractivity contribution in [2.24, 2.45) is 0 Å². The Morgan fingerprint density at radius 3 is 2.72 bits per heavy atom. The summed E-state index contributed by atoms with van der Waals surface area (Å²) in [6, 6.07) is 1.50. The fraction of sp³-hybridized carbons (Fsp3) is 0.583. The van der Waals surface area contributed by atoms with Crippen LogP contribution in [-0.4, -0.2) is 28.7 Å². The summed E-state index contributed by atoms with van der Waals surface area (Å²) < 4.78 is 5.55. The average molecular weight is 253 g/mol. The van der Waals surface area contributed by atoms with Crippen molar-refractivity contribution in [3.8, 4) is 0 Å². The van der Waals surface area contributed by atoms with Gasteiger partial charge in [-0.05, 0) is 33.3 Å². The molecule has 0 aliphatic heterocycles. The Bertz CT molecular complexity index is 433. The number of rotatable bonds is 6. The van der Waals surface area contributed by atoms with Gasteiger partial charge in [-0.15, -0.1) is 0 Å². The zero-order chi connectivity index (χ0) is 13.8. The van der Waals surface area contributed by atoms with E-state index in [2.05, 4.69) is 10.3 Å². The molecule has 0 saturated heterocycles. The lowest BCUT2D eigenvalue weighted by atomic mass is 10.1. The highest BCUT2D eigenvalue weighted by molar-refractivity contribution is 5.48. The summed E-state index contributed by atoms with van der Waals surface area (Å²) in [5.41, 5.74) is 0.448. The van der Waals surface area contributed by atoms with E-state index in [1.54, 1.807) is 6.92 Å². The van der Waals surface area contributed by atoms with Crippen molar-refractivity contribution in [2.45, 2.75) is 33.3 Å². The lowest BCUT2D eigenvalue weighted by Crippen LogP contribution is -2.33. The minimum atomic E-state index is -0.450. The van der Waals surface area contributed by atoms with Gasteiger partial charge in [0, 0.05) is 19.2 Å². The zero-order valence-electron chi connectivity index (χ0n) is 11.2. The Hall–Kier alpha value is -1.69. The van der Waals surface area contributed by atoms with Crippen LogP contribution >= 0.6 is 0 Å². The second kappa shape index (κ2) is 5.77. The van der Waals surface area contributed by atoms with Crippen molar-refractivity contribution in [3.05, 3.63) is 27.9 Å². The van der Waals surface area contributed by atoms with Gasteiger partial charge in [-0.25, -0.2) is 4.98 Å². The number of pyridine rings is 1. The standard InChI is InChI=1S/C12H19N3O3/c1-5-18-12(3,4)8-14-11-9(2)6-10(7-13-11)15(16)17/h6-7H,5,8H2,1-4H3,(H,13,14). The molecule has 0 spiro atoms. The topological polar surface area (TPSA) is 77.3 Å². The van der Waals surface area contributed by atoms with Crippen molar-refractivity contribution in [3.63, 3.8) is 0 Å². The lowest BCUT2D eigenvalue weighted by Gasteiger charge is -2.25. The van der Waals surface area contributed by atoms with Gasteiger partial charge in [0.25, 0.3) is 5.69 Å². The fourth-order valence-electron chi connectivity index (χ4n) is 1.58. The Labute approximate surface area is 107 Å². The minimum Gasteiger partial charge on any atom is -0.374 e. The third-order valence-corrected chi connectivity index (χ3v) is 2.49. The Morgan fingerprint density at radius 1 is 1.56 bits per heavy atom. The molecule has 0 radical (unpaired) electrons. The molecule has 0 saturated carbocycles. The SMILES string of the molecule is CCOC(C)(C)CNc1ncc([N+](=O)[O-])cc1C. The van der Waals surface area contributed by atoms with Gasteiger partial charge in [0.15, 0.2) is 0 Å². The van der Waals surface area contributed by atoms with Crippen LogP contribution < -0.4 is 5.32 Å². The first-order chi connectivity index (χ1) is 8.35. The van der Waals surface area contributed by atoms with E-state index in [4.69, 9.17) is 4.74 Å². The number of nitrogens with zero attached hydrogens (tertiary/aromatic N) is 2. The van der Waals surface area contributed by atoms with E-state index in [9.17, 15) is 10.1 Å². The lowest BCUT2D eigenvalue weighted by molar-refractivity contribution is -0.385. The van der Waals surface area contributed by atoms with Crippen LogP contribution in [0.5, 0.6) is 0 Å². The van der Waals surface area contributed by atoms with E-state index < -0.39 is 4.92 Å². The van der Waals surface area contributed by atoms with E-state index >= 15 is 0 Å². The van der Waals surface area contributed by atoms with Crippen molar-refractivity contribution < 1.29 is 9.66 Å². The molecule has 0 unspecified atom stereocenters. The van der Waals surface area contributed by atoms with E-state index in [1.807, 2.05) is 20.8 Å². The molecule has 6 heteroatoms. The quantitative estimate of drug-likeness (QED) is 0.622. The van der Waals surface area contributed by atoms with E-state index in [1.165, 1.54) is 12.3 Å². The normalized spacial score (nSPS) is 11.3. The van der Waals surface area contributed by atoms with Crippen molar-refractivity contribution in [1.29, 1.82) is 0 Å². The van der Waals surface area contributed by atoms with Gasteiger partial charge in [-0.1, -0.05) is 0 Å². The Balaban J connectivity index is 2.71. The maximum atomic E-state index is 10.6. The fourth-order valence-corrected chi connectivity index (χ4v) is 1.58. The van der Waals surface area contributed by atoms with Crippen molar-refractivity contribution >= 4 is 11.5 Å². The van der Waals surface area contributed by atoms with Gasteiger partial charge < -0.3 is 10.1 Å². The number of hydrogen-bond donors (Lipinski definition) is 1. The summed E-state index contributed by atoms with van der Waals surface area (Å²) in [5.74, 6) is 0.647. The molecule has 0 bridgehead atoms. The molecule has 0 fully saturated rings. The Morgan fingerprint density at radius 2 is 2.22 bits per heavy atom. The molecule has 100 valence electrons. The number of nitro groups is 1. The highest BCUT2D eigenvalue weighted by Crippen LogP contribution is 2.19. The number of hydrogen-bond acceptors (Lipinski definition) is 5. The first-order valence-corrected chi connectivity index (χ1v) is 5.84. The summed E-state index contributed by atoms with van der Waals surface area (Å²) in [5, 5.41) is 13.7. The summed E-state index contributed by atoms with van der Waals surface area (Å²) in [4.78, 5) is 14.2. The third kappa shape index (κ3) is 3.96. The van der Waals surface area contributed by atoms with Crippen LogP contribution in [0.2, 0.25) is 0 Å². The van der Waals surface area contributed by atoms with Crippen LogP contribution in [0.4, 0.5) is 11.5 Å². The summed E-state index contributed by atoms with van der Waals surface area (Å²) >= 11 is 0. The van der Waals surface area contributed by atoms with Crippen LogP contribution in [0, 0.1) is 17.0 Å². The molecular formula is C12H19N3O3. The second-order valence-electron chi connectivity index (χ2n) is 4.66. The number of aryl methyl sites for hydroxylation is 1. The van der Waals surface area contributed by atoms with Crippen LogP contribution in [0.25, 0.3) is 0 Å². The molecule has 18 heavy (non-hydrogen) atoms. The molecule has 1 N–H and O–H groups in total. The predicted octanol–water partition coefficient (Wildman–Crippen LogP) is 2.53. The molecule has 0 aliphatic rings. The molecular weight excluding hydrogens is 234 g/mol. The van der Waals surface area contributed by atoms with Gasteiger partial charge in [-0.3, -0.25) is 10.1 Å². The van der Waals surface area contributed by atoms with Gasteiger partial charge in [0.2, 0.25) is 0 Å². The molecule has 0 aliphatic carbocycles. The van der Waals surface area contributed by atoms with Crippen LogP contribution in [0.3, 0.4) is 0 Å². The summed E-state index contributed by atoms with van der Waals surface area (Å²) in [6.07, 6.45) is 1.25. The molecule has 1 aromatic rings. The molecule has 1 rings (SSSR count). The first-order valence-electron chi connectivity index (χ1n) is 5.84. The van der Waals surface area contributed by atoms with E-state index in [0.717, 1.165) is 5.56 Å². The number of ether oxygens (including phenoxy) is 1. The maximum absolute atomic E-state index is 10.6. The third-order valence-electron chi connectivity index (χ3n) is 2.49. The highest BCUT2D eigenvalue weighted by Gasteiger charge is 2.18. The van der Waals surface area contributed by atoms with Crippen LogP contribution in [-0.2, 0) is 4.74 Å². The Kier molecular flexibility index (Phi) is 4.61. The number of aromatic nitrogens is 1. The van der Waals surface area contributed by atoms with Gasteiger partial charge in [0.05, 0.1) is 10.5 Å². The molecule has 6 nitrogen and oxygen atoms in total. The number of anilines is 1. The predicted molar refractivity (Wildman–Crippen MR) is 69.8 cm³/mol. The van der Waals surface area contributed by atoms with Crippen molar-refractivity contribution in [1.82, 2.24) is 4.98 Å². The smallest absolute Gasteiger partial charge is 0.287 e. The van der Waals surface area contributed by atoms with E-state index in [0.29, 0.717) is 19.0 Å². The molecule has 0 amide bonds.